The van der Waals surface area contributed by atoms with Gasteiger partial charge in [0.25, 0.3) is 0 Å². The highest BCUT2D eigenvalue weighted by atomic mass is 32.2. The third-order valence-corrected chi connectivity index (χ3v) is 4.59. The quantitative estimate of drug-likeness (QED) is 0.538. The molecule has 0 aliphatic rings. The first-order valence-corrected chi connectivity index (χ1v) is 8.58. The lowest BCUT2D eigenvalue weighted by Crippen LogP contribution is -2.19. The molecule has 0 saturated carbocycles. The van der Waals surface area contributed by atoms with Gasteiger partial charge in [-0.15, -0.1) is 0 Å². The van der Waals surface area contributed by atoms with Gasteiger partial charge in [-0.2, -0.15) is 0 Å². The van der Waals surface area contributed by atoms with Crippen molar-refractivity contribution >= 4 is 23.4 Å². The first kappa shape index (κ1) is 17.0. The molecule has 1 N–H and O–H groups in total. The summed E-state index contributed by atoms with van der Waals surface area (Å²) in [5, 5.41) is 3.03. The number of nitrogens with one attached hydrogen (secondary N) is 1. The lowest BCUT2D eigenvalue weighted by molar-refractivity contribution is -0.115. The van der Waals surface area contributed by atoms with Crippen molar-refractivity contribution in [1.29, 1.82) is 0 Å². The number of amides is 1. The summed E-state index contributed by atoms with van der Waals surface area (Å²) in [4.78, 5) is 21.3. The number of methoxy groups -OCH3 is 1. The predicted octanol–water partition coefficient (Wildman–Crippen LogP) is 3.96. The van der Waals surface area contributed by atoms with Gasteiger partial charge in [-0.05, 0) is 23.8 Å². The van der Waals surface area contributed by atoms with Crippen LogP contribution in [-0.4, -0.2) is 23.0 Å². The topological polar surface area (TPSA) is 64.1 Å². The van der Waals surface area contributed by atoms with E-state index < -0.39 is 5.25 Å². The molecule has 0 fully saturated rings. The maximum absolute atomic E-state index is 12.9. The minimum absolute atomic E-state index is 0.142. The summed E-state index contributed by atoms with van der Waals surface area (Å²) in [6.07, 6.45) is 3.33. The molecule has 3 aromatic rings. The molecule has 126 valence electrons. The number of hydrogen-bond acceptors (Lipinski definition) is 5. The maximum Gasteiger partial charge on any atom is 0.242 e. The number of thioether (sulfide) groups is 1. The zero-order valence-electron chi connectivity index (χ0n) is 13.6. The summed E-state index contributed by atoms with van der Waals surface area (Å²) in [6, 6.07) is 18.6. The van der Waals surface area contributed by atoms with E-state index in [9.17, 15) is 4.79 Å². The van der Waals surface area contributed by atoms with Crippen molar-refractivity contribution in [2.24, 2.45) is 0 Å². The van der Waals surface area contributed by atoms with Crippen LogP contribution in [0.4, 0.5) is 5.69 Å². The van der Waals surface area contributed by atoms with Gasteiger partial charge in [-0.3, -0.25) is 4.79 Å². The number of ether oxygens (including phenoxy) is 1. The highest BCUT2D eigenvalue weighted by Gasteiger charge is 2.23. The van der Waals surface area contributed by atoms with Crippen LogP contribution >= 0.6 is 11.8 Å². The molecule has 0 spiro atoms. The number of aromatic nitrogens is 2. The number of carbonyl (C=O) groups is 1. The number of benzene rings is 2. The summed E-state index contributed by atoms with van der Waals surface area (Å²) < 4.78 is 5.20. The van der Waals surface area contributed by atoms with Crippen LogP contribution in [0.15, 0.2) is 78.2 Å². The fourth-order valence-corrected chi connectivity index (χ4v) is 3.17. The second-order valence-electron chi connectivity index (χ2n) is 5.16. The molecular formula is C19H17N3O2S. The van der Waals surface area contributed by atoms with Gasteiger partial charge in [-0.25, -0.2) is 9.97 Å². The Balaban J connectivity index is 1.84. The molecule has 6 heteroatoms. The molecule has 5 nitrogen and oxygen atoms in total. The molecular weight excluding hydrogens is 334 g/mol. The Bertz CT molecular complexity index is 828. The van der Waals surface area contributed by atoms with Gasteiger partial charge in [0, 0.05) is 24.1 Å². The van der Waals surface area contributed by atoms with Gasteiger partial charge in [0.05, 0.1) is 7.11 Å². The fourth-order valence-electron chi connectivity index (χ4n) is 2.26. The van der Waals surface area contributed by atoms with Crippen LogP contribution in [-0.2, 0) is 4.79 Å². The smallest absolute Gasteiger partial charge is 0.242 e. The summed E-state index contributed by atoms with van der Waals surface area (Å²) in [6.45, 7) is 0. The Morgan fingerprint density at radius 3 is 2.52 bits per heavy atom. The molecule has 1 amide bonds. The van der Waals surface area contributed by atoms with Crippen LogP contribution < -0.4 is 10.1 Å². The van der Waals surface area contributed by atoms with Crippen molar-refractivity contribution in [1.82, 2.24) is 9.97 Å². The molecule has 2 aromatic carbocycles. The van der Waals surface area contributed by atoms with Crippen molar-refractivity contribution in [2.75, 3.05) is 12.4 Å². The van der Waals surface area contributed by atoms with Crippen LogP contribution in [0.25, 0.3) is 0 Å². The van der Waals surface area contributed by atoms with E-state index in [4.69, 9.17) is 4.74 Å². The molecule has 1 atom stereocenters. The van der Waals surface area contributed by atoms with Crippen molar-refractivity contribution in [2.45, 2.75) is 10.4 Å². The Labute approximate surface area is 150 Å². The van der Waals surface area contributed by atoms with Crippen molar-refractivity contribution in [3.05, 3.63) is 78.6 Å². The second-order valence-corrected chi connectivity index (χ2v) is 6.23. The van der Waals surface area contributed by atoms with Gasteiger partial charge in [0.1, 0.15) is 11.0 Å². The zero-order valence-corrected chi connectivity index (χ0v) is 14.4. The van der Waals surface area contributed by atoms with E-state index in [1.807, 2.05) is 48.5 Å². The average molecular weight is 351 g/mol. The average Bonchev–Trinajstić information content (AvgIpc) is 2.67. The van der Waals surface area contributed by atoms with Crippen molar-refractivity contribution in [3.63, 3.8) is 0 Å². The van der Waals surface area contributed by atoms with Crippen molar-refractivity contribution < 1.29 is 9.53 Å². The van der Waals surface area contributed by atoms with Gasteiger partial charge >= 0.3 is 0 Å². The third kappa shape index (κ3) is 4.58. The molecule has 3 rings (SSSR count). The zero-order chi connectivity index (χ0) is 17.5. The van der Waals surface area contributed by atoms with E-state index in [0.717, 1.165) is 5.56 Å². The molecule has 25 heavy (non-hydrogen) atoms. The Morgan fingerprint density at radius 2 is 1.80 bits per heavy atom. The Kier molecular flexibility index (Phi) is 5.64. The summed E-state index contributed by atoms with van der Waals surface area (Å²) in [7, 11) is 1.59. The maximum atomic E-state index is 12.9. The number of nitrogens with zero attached hydrogens (tertiary/aromatic N) is 2. The minimum Gasteiger partial charge on any atom is -0.497 e. The summed E-state index contributed by atoms with van der Waals surface area (Å²) in [5.74, 6) is 0.546. The van der Waals surface area contributed by atoms with E-state index in [-0.39, 0.29) is 5.91 Å². The summed E-state index contributed by atoms with van der Waals surface area (Å²) >= 11 is 1.31. The number of anilines is 1. The number of rotatable bonds is 6. The largest absolute Gasteiger partial charge is 0.497 e. The van der Waals surface area contributed by atoms with Crippen LogP contribution in [0.2, 0.25) is 0 Å². The van der Waals surface area contributed by atoms with Crippen LogP contribution in [0.3, 0.4) is 0 Å². The molecule has 0 radical (unpaired) electrons. The van der Waals surface area contributed by atoms with Crippen LogP contribution in [0.5, 0.6) is 5.75 Å². The fraction of sp³-hybridized carbons (Fsp3) is 0.105. The third-order valence-electron chi connectivity index (χ3n) is 3.44. The Hall–Kier alpha value is -2.86. The molecule has 0 bridgehead atoms. The number of carbonyl (C=O) groups excluding carboxylic acids is 1. The van der Waals surface area contributed by atoms with Gasteiger partial charge < -0.3 is 10.1 Å². The first-order valence-electron chi connectivity index (χ1n) is 7.70. The molecule has 0 unspecified atom stereocenters. The van der Waals surface area contributed by atoms with Crippen molar-refractivity contribution in [3.8, 4) is 5.75 Å². The highest BCUT2D eigenvalue weighted by Crippen LogP contribution is 2.34. The first-order chi connectivity index (χ1) is 12.3. The van der Waals surface area contributed by atoms with Gasteiger partial charge in [-0.1, -0.05) is 48.2 Å². The van der Waals surface area contributed by atoms with E-state index in [0.29, 0.717) is 16.6 Å². The van der Waals surface area contributed by atoms with Gasteiger partial charge in [0.15, 0.2) is 5.16 Å². The SMILES string of the molecule is COc1cccc(NC(=O)[C@H](Sc2ncccn2)c2ccccc2)c1. The van der Waals surface area contributed by atoms with E-state index in [2.05, 4.69) is 15.3 Å². The molecule has 0 aliphatic heterocycles. The molecule has 1 aromatic heterocycles. The Morgan fingerprint density at radius 1 is 1.04 bits per heavy atom. The molecule has 1 heterocycles. The minimum atomic E-state index is -0.463. The second kappa shape index (κ2) is 8.30. The predicted molar refractivity (Wildman–Crippen MR) is 98.7 cm³/mol. The standard InChI is InChI=1S/C19H17N3O2S/c1-24-16-10-5-9-15(13-16)22-18(23)17(14-7-3-2-4-8-14)25-19-20-11-6-12-21-19/h2-13,17H,1H3,(H,22,23)/t17-/m1/s1. The number of hydrogen-bond donors (Lipinski definition) is 1. The lowest BCUT2D eigenvalue weighted by atomic mass is 10.1. The van der Waals surface area contributed by atoms with E-state index in [1.165, 1.54) is 11.8 Å². The van der Waals surface area contributed by atoms with Crippen LogP contribution in [0, 0.1) is 0 Å². The van der Waals surface area contributed by atoms with E-state index >= 15 is 0 Å². The van der Waals surface area contributed by atoms with E-state index in [1.54, 1.807) is 31.6 Å². The normalized spacial score (nSPS) is 11.6. The lowest BCUT2D eigenvalue weighted by Gasteiger charge is -2.16. The monoisotopic (exact) mass is 351 g/mol. The molecule has 0 aliphatic carbocycles. The summed E-state index contributed by atoms with van der Waals surface area (Å²) in [5.41, 5.74) is 1.57. The van der Waals surface area contributed by atoms with Gasteiger partial charge in [0.2, 0.25) is 5.91 Å². The molecule has 0 saturated heterocycles. The van der Waals surface area contributed by atoms with Crippen LogP contribution in [0.1, 0.15) is 10.8 Å². The highest BCUT2D eigenvalue weighted by molar-refractivity contribution is 8.00.